The summed E-state index contributed by atoms with van der Waals surface area (Å²) in [7, 11) is 0. The maximum atomic E-state index is 2.49. The Bertz CT molecular complexity index is 1090. The van der Waals surface area contributed by atoms with Crippen LogP contribution in [0.15, 0.2) is 90.5 Å². The second kappa shape index (κ2) is 7.79. The van der Waals surface area contributed by atoms with Crippen molar-refractivity contribution in [2.75, 3.05) is 0 Å². The SMILES string of the molecule is Ic1ccc(C2c3ccccc3C(c3ccccc3I)=C3C=CCCC32)cc1. The molecule has 2 aliphatic carbocycles. The topological polar surface area (TPSA) is 0 Å². The molecule has 0 N–H and O–H groups in total. The minimum Gasteiger partial charge on any atom is -0.0842 e. The van der Waals surface area contributed by atoms with E-state index in [0.29, 0.717) is 11.8 Å². The highest BCUT2D eigenvalue weighted by Crippen LogP contribution is 2.51. The molecule has 0 aliphatic heterocycles. The molecule has 0 spiro atoms. The van der Waals surface area contributed by atoms with Crippen LogP contribution in [0.4, 0.5) is 0 Å². The molecule has 0 amide bonds. The standard InChI is InChI=1S/C26H20I2/c27-18-15-13-17(14-16-18)25-19-7-1-3-9-21(19)26(22-10-4-2-8-20(22)25)23-11-5-6-12-24(23)28/h1,3-7,9-16,20,25H,2,8H2. The maximum absolute atomic E-state index is 2.49. The second-order valence-corrected chi connectivity index (χ2v) is 9.92. The van der Waals surface area contributed by atoms with Crippen molar-refractivity contribution in [2.24, 2.45) is 5.92 Å². The number of hydrogen-bond donors (Lipinski definition) is 0. The van der Waals surface area contributed by atoms with E-state index in [9.17, 15) is 0 Å². The lowest BCUT2D eigenvalue weighted by molar-refractivity contribution is 0.496. The number of halogens is 2. The minimum absolute atomic E-state index is 0.429. The van der Waals surface area contributed by atoms with Gasteiger partial charge in [-0.2, -0.15) is 0 Å². The summed E-state index contributed by atoms with van der Waals surface area (Å²) < 4.78 is 2.62. The summed E-state index contributed by atoms with van der Waals surface area (Å²) in [6.07, 6.45) is 7.14. The van der Waals surface area contributed by atoms with Crippen molar-refractivity contribution in [2.45, 2.75) is 18.8 Å². The van der Waals surface area contributed by atoms with Gasteiger partial charge >= 0.3 is 0 Å². The fraction of sp³-hybridized carbons (Fsp3) is 0.154. The summed E-state index contributed by atoms with van der Waals surface area (Å²) in [6.45, 7) is 0. The molecule has 5 rings (SSSR count). The molecule has 0 saturated heterocycles. The third kappa shape index (κ3) is 3.18. The predicted molar refractivity (Wildman–Crippen MR) is 134 cm³/mol. The molecule has 0 fully saturated rings. The summed E-state index contributed by atoms with van der Waals surface area (Å²) in [5.41, 5.74) is 8.62. The van der Waals surface area contributed by atoms with Crippen LogP contribution in [-0.2, 0) is 0 Å². The quantitative estimate of drug-likeness (QED) is 0.269. The number of rotatable bonds is 2. The van der Waals surface area contributed by atoms with Gasteiger partial charge in [-0.25, -0.2) is 0 Å². The first-order chi connectivity index (χ1) is 13.7. The van der Waals surface area contributed by atoms with Crippen LogP contribution in [0.2, 0.25) is 0 Å². The van der Waals surface area contributed by atoms with Gasteiger partial charge in [-0.15, -0.1) is 0 Å². The monoisotopic (exact) mass is 586 g/mol. The van der Waals surface area contributed by atoms with Crippen LogP contribution in [0.25, 0.3) is 5.57 Å². The van der Waals surface area contributed by atoms with Gasteiger partial charge in [0.1, 0.15) is 0 Å². The van der Waals surface area contributed by atoms with Crippen molar-refractivity contribution < 1.29 is 0 Å². The van der Waals surface area contributed by atoms with Crippen molar-refractivity contribution in [1.82, 2.24) is 0 Å². The third-order valence-electron chi connectivity index (χ3n) is 5.97. The average Bonchev–Trinajstić information content (AvgIpc) is 2.73. The molecule has 2 heteroatoms. The van der Waals surface area contributed by atoms with E-state index >= 15 is 0 Å². The highest BCUT2D eigenvalue weighted by atomic mass is 127. The van der Waals surface area contributed by atoms with Crippen LogP contribution < -0.4 is 0 Å². The highest BCUT2D eigenvalue weighted by molar-refractivity contribution is 14.1. The van der Waals surface area contributed by atoms with E-state index in [2.05, 4.69) is 130 Å². The van der Waals surface area contributed by atoms with Gasteiger partial charge in [0, 0.05) is 13.1 Å². The Hall–Kier alpha value is -1.40. The fourth-order valence-electron chi connectivity index (χ4n) is 4.79. The zero-order valence-electron chi connectivity index (χ0n) is 15.4. The molecule has 2 unspecified atom stereocenters. The van der Waals surface area contributed by atoms with E-state index in [1.54, 1.807) is 0 Å². The Morgan fingerprint density at radius 1 is 0.750 bits per heavy atom. The molecule has 2 atom stereocenters. The number of hydrogen-bond acceptors (Lipinski definition) is 0. The largest absolute Gasteiger partial charge is 0.0842 e. The van der Waals surface area contributed by atoms with Crippen molar-refractivity contribution in [3.63, 3.8) is 0 Å². The number of allylic oxidation sites excluding steroid dienone is 3. The molecule has 0 radical (unpaired) electrons. The van der Waals surface area contributed by atoms with E-state index in [0.717, 1.165) is 6.42 Å². The molecular formula is C26H20I2. The second-order valence-electron chi connectivity index (χ2n) is 7.51. The van der Waals surface area contributed by atoms with Crippen LogP contribution in [-0.4, -0.2) is 0 Å². The summed E-state index contributed by atoms with van der Waals surface area (Å²) in [4.78, 5) is 0. The summed E-state index contributed by atoms with van der Waals surface area (Å²) in [5, 5.41) is 0. The molecule has 2 aliphatic rings. The zero-order valence-corrected chi connectivity index (χ0v) is 19.7. The molecule has 0 saturated carbocycles. The zero-order chi connectivity index (χ0) is 19.1. The fourth-order valence-corrected chi connectivity index (χ4v) is 5.81. The normalized spacial score (nSPS) is 20.6. The molecule has 0 heterocycles. The Morgan fingerprint density at radius 3 is 2.25 bits per heavy atom. The first-order valence-corrected chi connectivity index (χ1v) is 11.9. The minimum atomic E-state index is 0.429. The average molecular weight is 586 g/mol. The van der Waals surface area contributed by atoms with E-state index in [-0.39, 0.29) is 0 Å². The predicted octanol–water partition coefficient (Wildman–Crippen LogP) is 7.81. The van der Waals surface area contributed by atoms with Gasteiger partial charge < -0.3 is 0 Å². The highest BCUT2D eigenvalue weighted by Gasteiger charge is 2.36. The molecule has 138 valence electrons. The summed E-state index contributed by atoms with van der Waals surface area (Å²) in [6, 6.07) is 27.0. The maximum Gasteiger partial charge on any atom is 0.0209 e. The van der Waals surface area contributed by atoms with E-state index < -0.39 is 0 Å². The molecule has 3 aromatic carbocycles. The first-order valence-electron chi connectivity index (χ1n) is 9.74. The van der Waals surface area contributed by atoms with Crippen molar-refractivity contribution in [3.8, 4) is 0 Å². The van der Waals surface area contributed by atoms with Gasteiger partial charge in [0.2, 0.25) is 0 Å². The van der Waals surface area contributed by atoms with Crippen molar-refractivity contribution >= 4 is 50.8 Å². The number of benzene rings is 3. The van der Waals surface area contributed by atoms with Crippen molar-refractivity contribution in [3.05, 3.63) is 120 Å². The number of fused-ring (bicyclic) bond motifs is 2. The van der Waals surface area contributed by atoms with Crippen LogP contribution in [0, 0.1) is 13.1 Å². The molecule has 0 aromatic heterocycles. The van der Waals surface area contributed by atoms with E-state index in [1.807, 2.05) is 0 Å². The van der Waals surface area contributed by atoms with Gasteiger partial charge in [0.25, 0.3) is 0 Å². The lowest BCUT2D eigenvalue weighted by atomic mass is 9.65. The van der Waals surface area contributed by atoms with Crippen LogP contribution >= 0.6 is 45.2 Å². The first kappa shape index (κ1) is 18.6. The summed E-state index contributed by atoms with van der Waals surface area (Å²) in [5.74, 6) is 0.962. The van der Waals surface area contributed by atoms with Crippen LogP contribution in [0.3, 0.4) is 0 Å². The molecule has 0 bridgehead atoms. The Balaban J connectivity index is 1.79. The Kier molecular flexibility index (Phi) is 5.18. The van der Waals surface area contributed by atoms with Gasteiger partial charge in [-0.3, -0.25) is 0 Å². The summed E-state index contributed by atoms with van der Waals surface area (Å²) >= 11 is 4.88. The molecule has 3 aromatic rings. The van der Waals surface area contributed by atoms with Gasteiger partial charge in [-0.1, -0.05) is 66.7 Å². The third-order valence-corrected chi connectivity index (χ3v) is 7.63. The molecule has 0 nitrogen and oxygen atoms in total. The van der Waals surface area contributed by atoms with E-state index in [1.165, 1.54) is 47.0 Å². The smallest absolute Gasteiger partial charge is 0.0209 e. The van der Waals surface area contributed by atoms with Gasteiger partial charge in [0.15, 0.2) is 0 Å². The van der Waals surface area contributed by atoms with Crippen molar-refractivity contribution in [1.29, 1.82) is 0 Å². The molecule has 28 heavy (non-hydrogen) atoms. The van der Waals surface area contributed by atoms with Gasteiger partial charge in [-0.05, 0) is 116 Å². The lowest BCUT2D eigenvalue weighted by Crippen LogP contribution is -2.24. The van der Waals surface area contributed by atoms with Gasteiger partial charge in [0.05, 0.1) is 0 Å². The Labute approximate surface area is 194 Å². The van der Waals surface area contributed by atoms with Crippen LogP contribution in [0.1, 0.15) is 41.0 Å². The molecular weight excluding hydrogens is 566 g/mol. The lowest BCUT2D eigenvalue weighted by Gasteiger charge is -2.39. The Morgan fingerprint density at radius 2 is 1.46 bits per heavy atom. The van der Waals surface area contributed by atoms with E-state index in [4.69, 9.17) is 0 Å². The van der Waals surface area contributed by atoms with Crippen LogP contribution in [0.5, 0.6) is 0 Å².